The summed E-state index contributed by atoms with van der Waals surface area (Å²) in [5, 5.41) is 12.0. The number of likely N-dealkylation sites (tertiary alicyclic amines) is 1. The van der Waals surface area contributed by atoms with E-state index in [2.05, 4.69) is 5.32 Å². The third-order valence-corrected chi connectivity index (χ3v) is 3.14. The van der Waals surface area contributed by atoms with Crippen LogP contribution >= 0.6 is 11.6 Å². The molecule has 2 rings (SSSR count). The van der Waals surface area contributed by atoms with Gasteiger partial charge in [0, 0.05) is 17.1 Å². The molecule has 0 saturated carbocycles. The van der Waals surface area contributed by atoms with Gasteiger partial charge in [0.15, 0.2) is 0 Å². The van der Waals surface area contributed by atoms with Crippen LogP contribution in [0.15, 0.2) is 24.3 Å². The Bertz CT molecular complexity index is 494. The molecule has 1 fully saturated rings. The zero-order chi connectivity index (χ0) is 14.0. The maximum atomic E-state index is 13.2. The first-order valence-corrected chi connectivity index (χ1v) is 6.05. The van der Waals surface area contributed by atoms with E-state index in [9.17, 15) is 14.0 Å². The fraction of sp³-hybridized carbons (Fsp3) is 0.333. The number of urea groups is 1. The van der Waals surface area contributed by atoms with E-state index >= 15 is 0 Å². The van der Waals surface area contributed by atoms with Gasteiger partial charge in [0.2, 0.25) is 0 Å². The van der Waals surface area contributed by atoms with Gasteiger partial charge in [0.05, 0.1) is 6.54 Å². The normalized spacial score (nSPS) is 22.3. The molecule has 1 saturated heterocycles. The third-order valence-electron chi connectivity index (χ3n) is 2.89. The van der Waals surface area contributed by atoms with Crippen molar-refractivity contribution in [2.45, 2.75) is 18.6 Å². The van der Waals surface area contributed by atoms with Crippen molar-refractivity contribution in [3.05, 3.63) is 29.3 Å². The topological polar surface area (TPSA) is 69.6 Å². The second-order valence-corrected chi connectivity index (χ2v) is 4.71. The molecular formula is C12H12ClFN2O3. The minimum Gasteiger partial charge on any atom is -0.480 e. The molecule has 0 unspecified atom stereocenters. The molecule has 7 heteroatoms. The van der Waals surface area contributed by atoms with Crippen LogP contribution in [0.2, 0.25) is 5.02 Å². The predicted molar refractivity (Wildman–Crippen MR) is 68.1 cm³/mol. The molecule has 2 atom stereocenters. The molecule has 0 spiro atoms. The molecule has 0 aromatic heterocycles. The largest absolute Gasteiger partial charge is 0.480 e. The summed E-state index contributed by atoms with van der Waals surface area (Å²) in [5.74, 6) is -1.20. The Labute approximate surface area is 114 Å². The number of aliphatic carboxylic acids is 1. The Hall–Kier alpha value is -1.82. The van der Waals surface area contributed by atoms with Crippen LogP contribution in [0.25, 0.3) is 0 Å². The molecule has 1 aromatic carbocycles. The SMILES string of the molecule is O=C(O)[C@H]1C[C@@H](F)CN1C(=O)Nc1ccc(Cl)cc1. The molecule has 2 N–H and O–H groups in total. The van der Waals surface area contributed by atoms with Gasteiger partial charge in [-0.2, -0.15) is 0 Å². The maximum absolute atomic E-state index is 13.2. The van der Waals surface area contributed by atoms with Gasteiger partial charge in [0.25, 0.3) is 0 Å². The van der Waals surface area contributed by atoms with E-state index in [1.807, 2.05) is 0 Å². The van der Waals surface area contributed by atoms with E-state index in [1.165, 1.54) is 0 Å². The lowest BCUT2D eigenvalue weighted by molar-refractivity contribution is -0.141. The van der Waals surface area contributed by atoms with Crippen LogP contribution in [0.4, 0.5) is 14.9 Å². The number of halogens is 2. The number of nitrogens with one attached hydrogen (secondary N) is 1. The quantitative estimate of drug-likeness (QED) is 0.877. The van der Waals surface area contributed by atoms with Crippen LogP contribution in [0.5, 0.6) is 0 Å². The molecule has 5 nitrogen and oxygen atoms in total. The highest BCUT2D eigenvalue weighted by Gasteiger charge is 2.39. The lowest BCUT2D eigenvalue weighted by Crippen LogP contribution is -2.42. The zero-order valence-electron chi connectivity index (χ0n) is 9.85. The van der Waals surface area contributed by atoms with E-state index in [0.29, 0.717) is 10.7 Å². The molecule has 19 heavy (non-hydrogen) atoms. The number of amides is 2. The van der Waals surface area contributed by atoms with Gasteiger partial charge < -0.3 is 15.3 Å². The van der Waals surface area contributed by atoms with Gasteiger partial charge in [-0.25, -0.2) is 14.0 Å². The zero-order valence-corrected chi connectivity index (χ0v) is 10.6. The van der Waals surface area contributed by atoms with Crippen molar-refractivity contribution in [2.24, 2.45) is 0 Å². The number of hydrogen-bond acceptors (Lipinski definition) is 2. The number of anilines is 1. The van der Waals surface area contributed by atoms with Crippen LogP contribution in [0.1, 0.15) is 6.42 Å². The average molecular weight is 287 g/mol. The maximum Gasteiger partial charge on any atom is 0.326 e. The van der Waals surface area contributed by atoms with Gasteiger partial charge >= 0.3 is 12.0 Å². The Balaban J connectivity index is 2.06. The summed E-state index contributed by atoms with van der Waals surface area (Å²) in [6, 6.07) is 4.59. The second kappa shape index (κ2) is 5.44. The fourth-order valence-electron chi connectivity index (χ4n) is 1.97. The first kappa shape index (κ1) is 13.6. The molecule has 0 aliphatic carbocycles. The van der Waals surface area contributed by atoms with Crippen molar-refractivity contribution < 1.29 is 19.1 Å². The third kappa shape index (κ3) is 3.14. The summed E-state index contributed by atoms with van der Waals surface area (Å²) in [4.78, 5) is 23.9. The van der Waals surface area contributed by atoms with E-state index in [1.54, 1.807) is 24.3 Å². The van der Waals surface area contributed by atoms with Gasteiger partial charge in [-0.3, -0.25) is 0 Å². The van der Waals surface area contributed by atoms with Gasteiger partial charge in [-0.1, -0.05) is 11.6 Å². The monoisotopic (exact) mass is 286 g/mol. The number of carboxylic acids is 1. The van der Waals surface area contributed by atoms with E-state index in [-0.39, 0.29) is 13.0 Å². The molecule has 1 aliphatic rings. The Morgan fingerprint density at radius 1 is 1.37 bits per heavy atom. The summed E-state index contributed by atoms with van der Waals surface area (Å²) in [6.45, 7) is -0.212. The summed E-state index contributed by atoms with van der Waals surface area (Å²) >= 11 is 5.71. The standard InChI is InChI=1S/C12H12ClFN2O3/c13-7-1-3-9(4-2-7)15-12(19)16-6-8(14)5-10(16)11(17)18/h1-4,8,10H,5-6H2,(H,15,19)(H,17,18)/t8-,10-/m1/s1. The highest BCUT2D eigenvalue weighted by Crippen LogP contribution is 2.22. The van der Waals surface area contributed by atoms with Gasteiger partial charge in [-0.05, 0) is 24.3 Å². The van der Waals surface area contributed by atoms with Crippen molar-refractivity contribution in [3.8, 4) is 0 Å². The number of nitrogens with zero attached hydrogens (tertiary/aromatic N) is 1. The Kier molecular flexibility index (Phi) is 3.90. The number of benzene rings is 1. The van der Waals surface area contributed by atoms with Gasteiger partial charge in [0.1, 0.15) is 12.2 Å². The van der Waals surface area contributed by atoms with Crippen LogP contribution in [0.3, 0.4) is 0 Å². The van der Waals surface area contributed by atoms with Crippen molar-refractivity contribution in [1.82, 2.24) is 4.90 Å². The van der Waals surface area contributed by atoms with Crippen LogP contribution in [0, 0.1) is 0 Å². The molecule has 0 radical (unpaired) electrons. The molecular weight excluding hydrogens is 275 g/mol. The van der Waals surface area contributed by atoms with Crippen LogP contribution in [-0.2, 0) is 4.79 Å². The summed E-state index contributed by atoms with van der Waals surface area (Å²) in [5.41, 5.74) is 0.473. The fourth-order valence-corrected chi connectivity index (χ4v) is 2.10. The average Bonchev–Trinajstić information content (AvgIpc) is 2.74. The van der Waals surface area contributed by atoms with Gasteiger partial charge in [-0.15, -0.1) is 0 Å². The van der Waals surface area contributed by atoms with Crippen molar-refractivity contribution in [3.63, 3.8) is 0 Å². The number of alkyl halides is 1. The highest BCUT2D eigenvalue weighted by molar-refractivity contribution is 6.30. The lowest BCUT2D eigenvalue weighted by atomic mass is 10.2. The molecule has 1 aliphatic heterocycles. The molecule has 0 bridgehead atoms. The number of carbonyl (C=O) groups is 2. The number of carbonyl (C=O) groups excluding carboxylic acids is 1. The lowest BCUT2D eigenvalue weighted by Gasteiger charge is -2.21. The van der Waals surface area contributed by atoms with E-state index in [0.717, 1.165) is 4.90 Å². The minimum atomic E-state index is -1.31. The molecule has 102 valence electrons. The Morgan fingerprint density at radius 2 is 2.00 bits per heavy atom. The second-order valence-electron chi connectivity index (χ2n) is 4.28. The van der Waals surface area contributed by atoms with E-state index < -0.39 is 24.2 Å². The Morgan fingerprint density at radius 3 is 2.58 bits per heavy atom. The number of rotatable bonds is 2. The first-order chi connectivity index (χ1) is 8.97. The predicted octanol–water partition coefficient (Wildman–Crippen LogP) is 2.37. The van der Waals surface area contributed by atoms with E-state index in [4.69, 9.17) is 16.7 Å². The summed E-state index contributed by atoms with van der Waals surface area (Å²) < 4.78 is 13.2. The molecule has 1 aromatic rings. The number of carboxylic acid groups (broad SMARTS) is 1. The molecule has 2 amide bonds. The highest BCUT2D eigenvalue weighted by atomic mass is 35.5. The summed E-state index contributed by atoms with van der Waals surface area (Å²) in [7, 11) is 0. The first-order valence-electron chi connectivity index (χ1n) is 5.67. The van der Waals surface area contributed by atoms with Crippen LogP contribution in [-0.4, -0.2) is 40.8 Å². The summed E-state index contributed by atoms with van der Waals surface area (Å²) in [6.07, 6.45) is -1.49. The molecule has 1 heterocycles. The van der Waals surface area contributed by atoms with Crippen LogP contribution < -0.4 is 5.32 Å². The minimum absolute atomic E-state index is 0.177. The smallest absolute Gasteiger partial charge is 0.326 e. The number of hydrogen-bond donors (Lipinski definition) is 2. The van der Waals surface area contributed by atoms with Crippen molar-refractivity contribution in [1.29, 1.82) is 0 Å². The van der Waals surface area contributed by atoms with Crippen molar-refractivity contribution in [2.75, 3.05) is 11.9 Å². The van der Waals surface area contributed by atoms with Crippen molar-refractivity contribution >= 4 is 29.3 Å².